The lowest BCUT2D eigenvalue weighted by molar-refractivity contribution is -0.142. The SMILES string of the molecule is COC1COCCC1NC1CC[C@](C(C)C)(C(O)N2CCC(O)(c3ccc(C(F)(F)F)cc3)CC2)C1. The average molecular weight is 515 g/mol. The van der Waals surface area contributed by atoms with Crippen molar-refractivity contribution in [3.05, 3.63) is 35.4 Å². The minimum atomic E-state index is -4.40. The Bertz CT molecular complexity index is 858. The van der Waals surface area contributed by atoms with E-state index in [-0.39, 0.29) is 29.5 Å². The van der Waals surface area contributed by atoms with Gasteiger partial charge in [0.2, 0.25) is 0 Å². The standard InChI is InChI=1S/C27H41F3N2O4/c1-18(2)25(10-8-21(16-25)31-22-9-15-36-17-23(22)35-3)24(33)32-13-11-26(34,12-14-32)19-4-6-20(7-5-19)27(28,29)30/h4-7,18,21-24,31,33-34H,8-17H2,1-3H3/t21?,22?,23?,24?,25-/m0/s1. The van der Waals surface area contributed by atoms with E-state index in [1.165, 1.54) is 12.1 Å². The van der Waals surface area contributed by atoms with Crippen LogP contribution in [0.15, 0.2) is 24.3 Å². The van der Waals surface area contributed by atoms with E-state index in [0.717, 1.165) is 44.4 Å². The van der Waals surface area contributed by atoms with E-state index in [1.54, 1.807) is 7.11 Å². The lowest BCUT2D eigenvalue weighted by Crippen LogP contribution is -2.55. The molecule has 0 bridgehead atoms. The summed E-state index contributed by atoms with van der Waals surface area (Å²) in [5.41, 5.74) is -1.68. The van der Waals surface area contributed by atoms with E-state index >= 15 is 0 Å². The maximum Gasteiger partial charge on any atom is 0.416 e. The number of piperidine rings is 1. The summed E-state index contributed by atoms with van der Waals surface area (Å²) in [5.74, 6) is 0.267. The number of ether oxygens (including phenoxy) is 2. The molecule has 5 atom stereocenters. The van der Waals surface area contributed by atoms with Crippen molar-refractivity contribution in [2.45, 2.75) is 88.6 Å². The number of benzene rings is 1. The molecular weight excluding hydrogens is 473 g/mol. The topological polar surface area (TPSA) is 74.2 Å². The Labute approximate surface area is 212 Å². The maximum atomic E-state index is 12.9. The fourth-order valence-electron chi connectivity index (χ4n) is 6.50. The molecule has 0 spiro atoms. The molecule has 4 rings (SSSR count). The third-order valence-corrected chi connectivity index (χ3v) is 9.03. The number of hydrogen-bond donors (Lipinski definition) is 3. The molecule has 4 unspecified atom stereocenters. The Morgan fingerprint density at radius 2 is 1.78 bits per heavy atom. The highest BCUT2D eigenvalue weighted by Gasteiger charge is 2.50. The van der Waals surface area contributed by atoms with Gasteiger partial charge < -0.3 is 25.0 Å². The number of likely N-dealkylation sites (tertiary alicyclic amines) is 1. The van der Waals surface area contributed by atoms with Crippen LogP contribution in [0.4, 0.5) is 13.2 Å². The van der Waals surface area contributed by atoms with Crippen molar-refractivity contribution in [3.63, 3.8) is 0 Å². The quantitative estimate of drug-likeness (QED) is 0.513. The molecule has 2 aliphatic heterocycles. The van der Waals surface area contributed by atoms with Gasteiger partial charge in [0.1, 0.15) is 6.23 Å². The zero-order valence-corrected chi connectivity index (χ0v) is 21.6. The number of nitrogens with zero attached hydrogens (tertiary/aromatic N) is 1. The first-order chi connectivity index (χ1) is 17.0. The zero-order chi connectivity index (χ0) is 26.1. The predicted molar refractivity (Wildman–Crippen MR) is 130 cm³/mol. The van der Waals surface area contributed by atoms with Crippen LogP contribution in [0.5, 0.6) is 0 Å². The normalized spacial score (nSPS) is 32.6. The molecule has 6 nitrogen and oxygen atoms in total. The van der Waals surface area contributed by atoms with Crippen molar-refractivity contribution >= 4 is 0 Å². The van der Waals surface area contributed by atoms with Gasteiger partial charge in [-0.15, -0.1) is 0 Å². The number of rotatable bonds is 7. The van der Waals surface area contributed by atoms with E-state index in [9.17, 15) is 23.4 Å². The van der Waals surface area contributed by atoms with E-state index in [4.69, 9.17) is 9.47 Å². The van der Waals surface area contributed by atoms with E-state index < -0.39 is 23.6 Å². The molecule has 1 saturated carbocycles. The van der Waals surface area contributed by atoms with Gasteiger partial charge in [0.05, 0.1) is 23.9 Å². The number of alkyl halides is 3. The van der Waals surface area contributed by atoms with Gasteiger partial charge in [0.25, 0.3) is 0 Å². The number of nitrogens with one attached hydrogen (secondary N) is 1. The first-order valence-corrected chi connectivity index (χ1v) is 13.2. The molecule has 0 aromatic heterocycles. The summed E-state index contributed by atoms with van der Waals surface area (Å²) in [7, 11) is 1.72. The summed E-state index contributed by atoms with van der Waals surface area (Å²) in [4.78, 5) is 2.05. The number of aliphatic hydroxyl groups excluding tert-OH is 1. The van der Waals surface area contributed by atoms with E-state index in [1.807, 2.05) is 4.90 Å². The Hall–Kier alpha value is -1.23. The Morgan fingerprint density at radius 3 is 2.36 bits per heavy atom. The van der Waals surface area contributed by atoms with Crippen molar-refractivity contribution in [1.82, 2.24) is 10.2 Å². The maximum absolute atomic E-state index is 12.9. The number of halogens is 3. The molecule has 3 aliphatic rings. The third kappa shape index (κ3) is 5.61. The van der Waals surface area contributed by atoms with Gasteiger partial charge in [-0.25, -0.2) is 0 Å². The molecule has 2 saturated heterocycles. The van der Waals surface area contributed by atoms with Crippen LogP contribution in [0.1, 0.15) is 63.5 Å². The van der Waals surface area contributed by atoms with Crippen molar-refractivity contribution in [2.24, 2.45) is 11.3 Å². The molecule has 3 N–H and O–H groups in total. The fraction of sp³-hybridized carbons (Fsp3) is 0.778. The van der Waals surface area contributed by atoms with Gasteiger partial charge >= 0.3 is 6.18 Å². The number of aliphatic hydroxyl groups is 2. The molecule has 36 heavy (non-hydrogen) atoms. The summed E-state index contributed by atoms with van der Waals surface area (Å²) in [6.07, 6.45) is -0.636. The second-order valence-corrected chi connectivity index (χ2v) is 11.3. The second kappa shape index (κ2) is 10.9. The fourth-order valence-corrected chi connectivity index (χ4v) is 6.50. The van der Waals surface area contributed by atoms with Crippen LogP contribution in [0.25, 0.3) is 0 Å². The molecule has 1 aliphatic carbocycles. The van der Waals surface area contributed by atoms with Crippen LogP contribution in [-0.4, -0.2) is 72.9 Å². The molecule has 3 fully saturated rings. The minimum absolute atomic E-state index is 0.0303. The molecule has 0 radical (unpaired) electrons. The number of hydrogen-bond acceptors (Lipinski definition) is 6. The van der Waals surface area contributed by atoms with Crippen molar-refractivity contribution < 1.29 is 32.9 Å². The lowest BCUT2D eigenvalue weighted by Gasteiger charge is -2.48. The molecule has 2 heterocycles. The molecule has 9 heteroatoms. The summed E-state index contributed by atoms with van der Waals surface area (Å²) in [6, 6.07) is 5.34. The van der Waals surface area contributed by atoms with Gasteiger partial charge in [0.15, 0.2) is 0 Å². The molecule has 1 aromatic rings. The zero-order valence-electron chi connectivity index (χ0n) is 21.6. The van der Waals surface area contributed by atoms with Crippen molar-refractivity contribution in [2.75, 3.05) is 33.4 Å². The molecular formula is C27H41F3N2O4. The van der Waals surface area contributed by atoms with Gasteiger partial charge in [-0.3, -0.25) is 4.90 Å². The minimum Gasteiger partial charge on any atom is -0.385 e. The second-order valence-electron chi connectivity index (χ2n) is 11.3. The van der Waals surface area contributed by atoms with Gasteiger partial charge in [-0.1, -0.05) is 26.0 Å². The predicted octanol–water partition coefficient (Wildman–Crippen LogP) is 3.90. The summed E-state index contributed by atoms with van der Waals surface area (Å²) < 4.78 is 50.0. The Morgan fingerprint density at radius 1 is 1.11 bits per heavy atom. The van der Waals surface area contributed by atoms with Crippen LogP contribution in [0.3, 0.4) is 0 Å². The Kier molecular flexibility index (Phi) is 8.39. The van der Waals surface area contributed by atoms with Crippen molar-refractivity contribution in [1.29, 1.82) is 0 Å². The van der Waals surface area contributed by atoms with E-state index in [0.29, 0.717) is 38.1 Å². The van der Waals surface area contributed by atoms with Gasteiger partial charge in [-0.05, 0) is 62.1 Å². The first-order valence-electron chi connectivity index (χ1n) is 13.2. The van der Waals surface area contributed by atoms with Gasteiger partial charge in [-0.2, -0.15) is 13.2 Å². The molecule has 1 aromatic carbocycles. The highest BCUT2D eigenvalue weighted by atomic mass is 19.4. The van der Waals surface area contributed by atoms with Crippen LogP contribution in [-0.2, 0) is 21.3 Å². The largest absolute Gasteiger partial charge is 0.416 e. The van der Waals surface area contributed by atoms with Crippen LogP contribution in [0.2, 0.25) is 0 Å². The van der Waals surface area contributed by atoms with Crippen LogP contribution < -0.4 is 5.32 Å². The summed E-state index contributed by atoms with van der Waals surface area (Å²) in [6.45, 7) is 6.61. The Balaban J connectivity index is 1.39. The van der Waals surface area contributed by atoms with Crippen molar-refractivity contribution in [3.8, 4) is 0 Å². The molecule has 0 amide bonds. The van der Waals surface area contributed by atoms with Crippen LogP contribution in [0, 0.1) is 11.3 Å². The summed E-state index contributed by atoms with van der Waals surface area (Å²) in [5, 5.41) is 26.6. The van der Waals surface area contributed by atoms with E-state index in [2.05, 4.69) is 19.2 Å². The third-order valence-electron chi connectivity index (χ3n) is 9.03. The monoisotopic (exact) mass is 514 g/mol. The first kappa shape index (κ1) is 27.8. The highest BCUT2D eigenvalue weighted by molar-refractivity contribution is 5.29. The number of methoxy groups -OCH3 is 1. The molecule has 204 valence electrons. The average Bonchev–Trinajstić information content (AvgIpc) is 3.29. The van der Waals surface area contributed by atoms with Crippen LogP contribution >= 0.6 is 0 Å². The summed E-state index contributed by atoms with van der Waals surface area (Å²) >= 11 is 0. The highest BCUT2D eigenvalue weighted by Crippen LogP contribution is 2.49. The lowest BCUT2D eigenvalue weighted by atomic mass is 9.72. The smallest absolute Gasteiger partial charge is 0.385 e. The van der Waals surface area contributed by atoms with Gasteiger partial charge in [0, 0.05) is 44.3 Å².